The number of carbonyl (C=O) groups is 1. The molecule has 0 aliphatic heterocycles. The summed E-state index contributed by atoms with van der Waals surface area (Å²) in [6.45, 7) is 5.01. The molecular formula is C22H22FN3O. The lowest BCUT2D eigenvalue weighted by molar-refractivity contribution is 0.102. The molecule has 0 unspecified atom stereocenters. The van der Waals surface area contributed by atoms with Crippen molar-refractivity contribution >= 4 is 17.3 Å². The van der Waals surface area contributed by atoms with Crippen molar-refractivity contribution in [1.29, 1.82) is 0 Å². The monoisotopic (exact) mass is 363 g/mol. The lowest BCUT2D eigenvalue weighted by Crippen LogP contribution is -2.30. The van der Waals surface area contributed by atoms with Gasteiger partial charge in [-0.3, -0.25) is 4.79 Å². The van der Waals surface area contributed by atoms with Crippen LogP contribution in [-0.4, -0.2) is 16.9 Å². The first-order chi connectivity index (χ1) is 13.0. The third-order valence-corrected chi connectivity index (χ3v) is 4.23. The van der Waals surface area contributed by atoms with Crippen molar-refractivity contribution in [3.05, 3.63) is 90.0 Å². The minimum absolute atomic E-state index is 0.283. The van der Waals surface area contributed by atoms with E-state index in [1.807, 2.05) is 24.3 Å². The van der Waals surface area contributed by atoms with Gasteiger partial charge in [-0.05, 0) is 55.8 Å². The highest BCUT2D eigenvalue weighted by Gasteiger charge is 2.14. The second-order valence-electron chi connectivity index (χ2n) is 6.57. The van der Waals surface area contributed by atoms with Crippen LogP contribution in [0.5, 0.6) is 0 Å². The molecule has 3 rings (SSSR count). The van der Waals surface area contributed by atoms with E-state index in [9.17, 15) is 9.18 Å². The molecule has 2 aromatic carbocycles. The maximum absolute atomic E-state index is 13.0. The first-order valence-corrected chi connectivity index (χ1v) is 8.86. The third-order valence-electron chi connectivity index (χ3n) is 4.23. The molecule has 1 heterocycles. The van der Waals surface area contributed by atoms with E-state index in [0.29, 0.717) is 11.4 Å². The van der Waals surface area contributed by atoms with Crippen molar-refractivity contribution in [2.45, 2.75) is 26.4 Å². The zero-order chi connectivity index (χ0) is 19.2. The average Bonchev–Trinajstić information content (AvgIpc) is 2.68. The summed E-state index contributed by atoms with van der Waals surface area (Å²) in [5.74, 6) is -0.671. The number of anilines is 2. The van der Waals surface area contributed by atoms with Gasteiger partial charge >= 0.3 is 0 Å². The predicted molar refractivity (Wildman–Crippen MR) is 106 cm³/mol. The van der Waals surface area contributed by atoms with Gasteiger partial charge in [0.2, 0.25) is 0 Å². The predicted octanol–water partition coefficient (Wildman–Crippen LogP) is 4.89. The molecule has 0 saturated heterocycles. The van der Waals surface area contributed by atoms with Gasteiger partial charge in [-0.2, -0.15) is 0 Å². The Bertz CT molecular complexity index is 878. The number of nitrogens with zero attached hydrogens (tertiary/aromatic N) is 2. The fourth-order valence-corrected chi connectivity index (χ4v) is 2.77. The third kappa shape index (κ3) is 4.91. The van der Waals surface area contributed by atoms with Crippen LogP contribution in [0.4, 0.5) is 15.8 Å². The number of amides is 1. The molecule has 4 nitrogen and oxygen atoms in total. The molecule has 0 bridgehead atoms. The van der Waals surface area contributed by atoms with Crippen molar-refractivity contribution in [1.82, 2.24) is 4.98 Å². The summed E-state index contributed by atoms with van der Waals surface area (Å²) in [5.41, 5.74) is 3.00. The Hall–Kier alpha value is -3.21. The van der Waals surface area contributed by atoms with E-state index in [4.69, 9.17) is 0 Å². The van der Waals surface area contributed by atoms with E-state index in [0.717, 1.165) is 12.2 Å². The van der Waals surface area contributed by atoms with E-state index in [1.165, 1.54) is 29.8 Å². The summed E-state index contributed by atoms with van der Waals surface area (Å²) in [6, 6.07) is 19.7. The van der Waals surface area contributed by atoms with Gasteiger partial charge in [0.15, 0.2) is 0 Å². The summed E-state index contributed by atoms with van der Waals surface area (Å²) >= 11 is 0. The minimum Gasteiger partial charge on any atom is -0.364 e. The van der Waals surface area contributed by atoms with E-state index in [1.54, 1.807) is 12.3 Å². The number of benzene rings is 2. The smallest absolute Gasteiger partial charge is 0.274 e. The number of pyridine rings is 1. The molecule has 0 aliphatic carbocycles. The first-order valence-electron chi connectivity index (χ1n) is 8.86. The largest absolute Gasteiger partial charge is 0.364 e. The molecule has 0 spiro atoms. The molecule has 0 atom stereocenters. The van der Waals surface area contributed by atoms with Gasteiger partial charge in [0.25, 0.3) is 5.91 Å². The Labute approximate surface area is 158 Å². The fourth-order valence-electron chi connectivity index (χ4n) is 2.77. The highest BCUT2D eigenvalue weighted by Crippen LogP contribution is 2.20. The number of carbonyl (C=O) groups excluding carboxylic acids is 1. The van der Waals surface area contributed by atoms with Crippen LogP contribution < -0.4 is 10.2 Å². The highest BCUT2D eigenvalue weighted by molar-refractivity contribution is 6.02. The maximum atomic E-state index is 13.0. The van der Waals surface area contributed by atoms with Crippen molar-refractivity contribution in [2.75, 3.05) is 10.2 Å². The summed E-state index contributed by atoms with van der Waals surface area (Å²) < 4.78 is 13.0. The van der Waals surface area contributed by atoms with Gasteiger partial charge in [-0.25, -0.2) is 9.37 Å². The Morgan fingerprint density at radius 3 is 2.33 bits per heavy atom. The number of hydrogen-bond donors (Lipinski definition) is 1. The van der Waals surface area contributed by atoms with Crippen LogP contribution in [-0.2, 0) is 6.54 Å². The molecule has 3 aromatic rings. The Morgan fingerprint density at radius 2 is 1.74 bits per heavy atom. The van der Waals surface area contributed by atoms with Gasteiger partial charge in [-0.1, -0.05) is 30.3 Å². The van der Waals surface area contributed by atoms with E-state index < -0.39 is 0 Å². The molecule has 0 radical (unpaired) electrons. The zero-order valence-electron chi connectivity index (χ0n) is 15.4. The van der Waals surface area contributed by atoms with Gasteiger partial charge < -0.3 is 10.2 Å². The molecular weight excluding hydrogens is 341 g/mol. The SMILES string of the molecule is CC(C)N(Cc1ccccc1)c1ccc(C(=O)Nc2ccc(F)cc2)nc1. The molecule has 0 saturated carbocycles. The summed E-state index contributed by atoms with van der Waals surface area (Å²) in [6.07, 6.45) is 1.71. The Balaban J connectivity index is 1.72. The molecule has 5 heteroatoms. The Kier molecular flexibility index (Phi) is 5.81. The number of halogens is 1. The minimum atomic E-state index is -0.345. The summed E-state index contributed by atoms with van der Waals surface area (Å²) in [5, 5.41) is 2.72. The molecule has 27 heavy (non-hydrogen) atoms. The standard InChI is InChI=1S/C22H22FN3O/c1-16(2)26(15-17-6-4-3-5-7-17)20-12-13-21(24-14-20)22(27)25-19-10-8-18(23)9-11-19/h3-14,16H,15H2,1-2H3,(H,25,27). The van der Waals surface area contributed by atoms with Crippen LogP contribution >= 0.6 is 0 Å². The molecule has 0 fully saturated rings. The van der Waals surface area contributed by atoms with Crippen molar-refractivity contribution in [3.63, 3.8) is 0 Å². The summed E-state index contributed by atoms with van der Waals surface area (Å²) in [4.78, 5) is 18.9. The molecule has 1 N–H and O–H groups in total. The molecule has 1 amide bonds. The quantitative estimate of drug-likeness (QED) is 0.678. The normalized spacial score (nSPS) is 10.7. The lowest BCUT2D eigenvalue weighted by atomic mass is 10.1. The van der Waals surface area contributed by atoms with E-state index >= 15 is 0 Å². The topological polar surface area (TPSA) is 45.2 Å². The zero-order valence-corrected chi connectivity index (χ0v) is 15.4. The summed E-state index contributed by atoms with van der Waals surface area (Å²) in [7, 11) is 0. The van der Waals surface area contributed by atoms with Crippen LogP contribution in [0.3, 0.4) is 0 Å². The highest BCUT2D eigenvalue weighted by atomic mass is 19.1. The van der Waals surface area contributed by atoms with Crippen molar-refractivity contribution < 1.29 is 9.18 Å². The van der Waals surface area contributed by atoms with Crippen LogP contribution in [0.25, 0.3) is 0 Å². The van der Waals surface area contributed by atoms with Crippen molar-refractivity contribution in [2.24, 2.45) is 0 Å². The van der Waals surface area contributed by atoms with Gasteiger partial charge in [0.05, 0.1) is 11.9 Å². The fraction of sp³-hybridized carbons (Fsp3) is 0.182. The number of rotatable bonds is 6. The first kappa shape index (κ1) is 18.6. The number of aromatic nitrogens is 1. The van der Waals surface area contributed by atoms with Gasteiger partial charge in [0, 0.05) is 18.3 Å². The van der Waals surface area contributed by atoms with Crippen LogP contribution in [0.2, 0.25) is 0 Å². The van der Waals surface area contributed by atoms with E-state index in [2.05, 4.69) is 41.2 Å². The van der Waals surface area contributed by atoms with Gasteiger partial charge in [-0.15, -0.1) is 0 Å². The van der Waals surface area contributed by atoms with Crippen LogP contribution in [0.15, 0.2) is 72.9 Å². The molecule has 138 valence electrons. The average molecular weight is 363 g/mol. The van der Waals surface area contributed by atoms with Gasteiger partial charge in [0.1, 0.15) is 11.5 Å². The molecule has 1 aromatic heterocycles. The van der Waals surface area contributed by atoms with Crippen LogP contribution in [0.1, 0.15) is 29.9 Å². The Morgan fingerprint density at radius 1 is 1.04 bits per heavy atom. The second-order valence-corrected chi connectivity index (χ2v) is 6.57. The van der Waals surface area contributed by atoms with E-state index in [-0.39, 0.29) is 17.8 Å². The molecule has 0 aliphatic rings. The second kappa shape index (κ2) is 8.45. The van der Waals surface area contributed by atoms with Crippen molar-refractivity contribution in [3.8, 4) is 0 Å². The lowest BCUT2D eigenvalue weighted by Gasteiger charge is -2.29. The number of nitrogens with one attached hydrogen (secondary N) is 1. The maximum Gasteiger partial charge on any atom is 0.274 e. The van der Waals surface area contributed by atoms with Crippen LogP contribution in [0, 0.1) is 5.82 Å². The number of hydrogen-bond acceptors (Lipinski definition) is 3.